The van der Waals surface area contributed by atoms with Crippen LogP contribution < -0.4 is 10.6 Å². The number of anilines is 1. The van der Waals surface area contributed by atoms with Crippen molar-refractivity contribution in [1.82, 2.24) is 10.1 Å². The van der Waals surface area contributed by atoms with Gasteiger partial charge in [-0.05, 0) is 37.5 Å². The molecule has 2 fully saturated rings. The molecule has 0 radical (unpaired) electrons. The van der Waals surface area contributed by atoms with Gasteiger partial charge in [-0.25, -0.2) is 0 Å². The predicted molar refractivity (Wildman–Crippen MR) is 102 cm³/mol. The Kier molecular flexibility index (Phi) is 5.49. The number of carbonyl (C=O) groups excluding carboxylic acids is 1. The average Bonchev–Trinajstić information content (AvgIpc) is 3.30. The number of benzene rings is 1. The minimum atomic E-state index is -0.521. The van der Waals surface area contributed by atoms with Gasteiger partial charge in [-0.15, -0.1) is 12.4 Å². The molecule has 1 aliphatic carbocycles. The van der Waals surface area contributed by atoms with Gasteiger partial charge in [0.15, 0.2) is 5.82 Å². The average molecular weight is 418 g/mol. The molecule has 1 aliphatic heterocycles. The van der Waals surface area contributed by atoms with Crippen molar-refractivity contribution < 1.29 is 9.32 Å². The van der Waals surface area contributed by atoms with Gasteiger partial charge in [0, 0.05) is 12.2 Å². The van der Waals surface area contributed by atoms with Gasteiger partial charge in [0.05, 0.1) is 15.6 Å². The predicted octanol–water partition coefficient (Wildman–Crippen LogP) is 4.05. The van der Waals surface area contributed by atoms with E-state index in [0.717, 1.165) is 25.7 Å². The highest BCUT2D eigenvalue weighted by atomic mass is 35.5. The van der Waals surface area contributed by atoms with Crippen molar-refractivity contribution in [1.29, 1.82) is 0 Å². The number of nitrogens with two attached hydrogens (primary N) is 1. The van der Waals surface area contributed by atoms with E-state index in [4.69, 9.17) is 33.5 Å². The molecule has 1 saturated heterocycles. The molecule has 1 aromatic heterocycles. The van der Waals surface area contributed by atoms with E-state index >= 15 is 0 Å². The molecule has 1 unspecified atom stereocenters. The van der Waals surface area contributed by atoms with Crippen LogP contribution in [-0.4, -0.2) is 22.6 Å². The summed E-state index contributed by atoms with van der Waals surface area (Å²) in [4.78, 5) is 18.9. The van der Waals surface area contributed by atoms with Gasteiger partial charge in [0.25, 0.3) is 0 Å². The second kappa shape index (κ2) is 7.35. The summed E-state index contributed by atoms with van der Waals surface area (Å²) in [6.07, 6.45) is 4.43. The van der Waals surface area contributed by atoms with Crippen molar-refractivity contribution in [2.75, 3.05) is 11.4 Å². The smallest absolute Gasteiger partial charge is 0.239 e. The molecular weight excluding hydrogens is 399 g/mol. The number of hydrogen-bond acceptors (Lipinski definition) is 5. The summed E-state index contributed by atoms with van der Waals surface area (Å²) in [6, 6.07) is 5.15. The lowest BCUT2D eigenvalue weighted by molar-refractivity contribution is -0.118. The largest absolute Gasteiger partial charge is 0.338 e. The van der Waals surface area contributed by atoms with E-state index in [0.29, 0.717) is 40.4 Å². The Hall–Kier alpha value is -1.34. The van der Waals surface area contributed by atoms with E-state index in [9.17, 15) is 4.79 Å². The van der Waals surface area contributed by atoms with E-state index in [2.05, 4.69) is 10.1 Å². The molecule has 1 aromatic carbocycles. The van der Waals surface area contributed by atoms with Crippen LogP contribution in [-0.2, 0) is 10.3 Å². The minimum Gasteiger partial charge on any atom is -0.338 e. The van der Waals surface area contributed by atoms with E-state index in [1.54, 1.807) is 23.1 Å². The van der Waals surface area contributed by atoms with Crippen LogP contribution in [0.25, 0.3) is 0 Å². The van der Waals surface area contributed by atoms with Crippen LogP contribution in [0.2, 0.25) is 10.0 Å². The standard InChI is InChI=1S/C17H18Cl2N4O2.ClH/c18-12-4-3-10(9-13(12)19)23-8-5-11(15(23)24)14-21-16(22-25-14)17(20)6-1-2-7-17;/h3-4,9,11H,1-2,5-8,20H2;1H. The molecular formula is C17H19Cl3N4O2. The zero-order valence-electron chi connectivity index (χ0n) is 14.0. The Bertz CT molecular complexity index is 820. The van der Waals surface area contributed by atoms with Crippen molar-refractivity contribution in [2.45, 2.75) is 43.6 Å². The zero-order chi connectivity index (χ0) is 17.6. The Morgan fingerprint density at radius 2 is 1.96 bits per heavy atom. The first kappa shape index (κ1) is 19.4. The summed E-state index contributed by atoms with van der Waals surface area (Å²) in [5.41, 5.74) is 6.56. The van der Waals surface area contributed by atoms with E-state index < -0.39 is 11.5 Å². The van der Waals surface area contributed by atoms with Crippen molar-refractivity contribution in [3.63, 3.8) is 0 Å². The Labute approximate surface area is 167 Å². The molecule has 26 heavy (non-hydrogen) atoms. The third-order valence-electron chi connectivity index (χ3n) is 5.10. The number of carbonyl (C=O) groups is 1. The fourth-order valence-corrected chi connectivity index (χ4v) is 3.92. The summed E-state index contributed by atoms with van der Waals surface area (Å²) in [6.45, 7) is 0.562. The van der Waals surface area contributed by atoms with Gasteiger partial charge in [-0.3, -0.25) is 4.79 Å². The number of amides is 1. The third-order valence-corrected chi connectivity index (χ3v) is 5.84. The van der Waals surface area contributed by atoms with Gasteiger partial charge >= 0.3 is 0 Å². The van der Waals surface area contributed by atoms with Crippen molar-refractivity contribution >= 4 is 47.2 Å². The van der Waals surface area contributed by atoms with Crippen LogP contribution in [0.3, 0.4) is 0 Å². The van der Waals surface area contributed by atoms with Crippen molar-refractivity contribution in [3.05, 3.63) is 40.0 Å². The highest BCUT2D eigenvalue weighted by Crippen LogP contribution is 2.37. The fourth-order valence-electron chi connectivity index (χ4n) is 3.63. The maximum absolute atomic E-state index is 12.8. The monoisotopic (exact) mass is 416 g/mol. The number of nitrogens with zero attached hydrogens (tertiary/aromatic N) is 3. The van der Waals surface area contributed by atoms with E-state index in [-0.39, 0.29) is 18.3 Å². The second-order valence-corrected chi connectivity index (χ2v) is 7.56. The first-order valence-corrected chi connectivity index (χ1v) is 9.13. The van der Waals surface area contributed by atoms with Crippen LogP contribution in [0.15, 0.2) is 22.7 Å². The van der Waals surface area contributed by atoms with Gasteiger partial charge < -0.3 is 15.2 Å². The maximum Gasteiger partial charge on any atom is 0.239 e. The third kappa shape index (κ3) is 3.31. The first-order chi connectivity index (χ1) is 12.0. The van der Waals surface area contributed by atoms with Crippen molar-refractivity contribution in [3.8, 4) is 0 Å². The molecule has 2 heterocycles. The molecule has 1 saturated carbocycles. The zero-order valence-corrected chi connectivity index (χ0v) is 16.3. The molecule has 2 aliphatic rings. The molecule has 2 N–H and O–H groups in total. The van der Waals surface area contributed by atoms with Gasteiger partial charge in [-0.2, -0.15) is 4.98 Å². The lowest BCUT2D eigenvalue weighted by Gasteiger charge is -2.18. The number of halogens is 3. The van der Waals surface area contributed by atoms with Gasteiger partial charge in [-0.1, -0.05) is 41.2 Å². The fraction of sp³-hybridized carbons (Fsp3) is 0.471. The van der Waals surface area contributed by atoms with Gasteiger partial charge in [0.2, 0.25) is 11.8 Å². The summed E-state index contributed by atoms with van der Waals surface area (Å²) >= 11 is 12.0. The highest BCUT2D eigenvalue weighted by molar-refractivity contribution is 6.42. The number of aromatic nitrogens is 2. The highest BCUT2D eigenvalue weighted by Gasteiger charge is 2.41. The van der Waals surface area contributed by atoms with E-state index in [1.807, 2.05) is 0 Å². The Morgan fingerprint density at radius 1 is 1.23 bits per heavy atom. The summed E-state index contributed by atoms with van der Waals surface area (Å²) in [5.74, 6) is 0.340. The maximum atomic E-state index is 12.8. The van der Waals surface area contributed by atoms with Crippen LogP contribution in [0.1, 0.15) is 49.7 Å². The SMILES string of the molecule is Cl.NC1(c2noc(C3CCN(c4ccc(Cl)c(Cl)c4)C3=O)n2)CCCC1. The molecule has 1 amide bonds. The summed E-state index contributed by atoms with van der Waals surface area (Å²) in [5, 5.41) is 4.93. The molecule has 140 valence electrons. The summed E-state index contributed by atoms with van der Waals surface area (Å²) < 4.78 is 5.39. The van der Waals surface area contributed by atoms with Crippen molar-refractivity contribution in [2.24, 2.45) is 5.73 Å². The molecule has 4 rings (SSSR count). The number of hydrogen-bond donors (Lipinski definition) is 1. The van der Waals surface area contributed by atoms with Crippen LogP contribution >= 0.6 is 35.6 Å². The molecule has 2 aromatic rings. The van der Waals surface area contributed by atoms with Crippen LogP contribution in [0.4, 0.5) is 5.69 Å². The van der Waals surface area contributed by atoms with Crippen LogP contribution in [0.5, 0.6) is 0 Å². The Balaban J connectivity index is 0.00000196. The topological polar surface area (TPSA) is 85.2 Å². The quantitative estimate of drug-likeness (QED) is 0.814. The first-order valence-electron chi connectivity index (χ1n) is 8.37. The molecule has 6 nitrogen and oxygen atoms in total. The molecule has 0 bridgehead atoms. The van der Waals surface area contributed by atoms with Crippen LogP contribution in [0, 0.1) is 0 Å². The normalized spacial score (nSPS) is 21.9. The summed E-state index contributed by atoms with van der Waals surface area (Å²) in [7, 11) is 0. The Morgan fingerprint density at radius 3 is 2.65 bits per heavy atom. The molecule has 1 atom stereocenters. The minimum absolute atomic E-state index is 0. The molecule has 0 spiro atoms. The van der Waals surface area contributed by atoms with Gasteiger partial charge in [0.1, 0.15) is 5.92 Å². The lowest BCUT2D eigenvalue weighted by Crippen LogP contribution is -2.34. The lowest BCUT2D eigenvalue weighted by atomic mass is 9.98. The number of rotatable bonds is 3. The van der Waals surface area contributed by atoms with E-state index in [1.165, 1.54) is 0 Å². The second-order valence-electron chi connectivity index (χ2n) is 6.75. The molecule has 9 heteroatoms.